The van der Waals surface area contributed by atoms with Gasteiger partial charge in [0.05, 0.1) is 11.3 Å². The average molecular weight is 411 g/mol. The Morgan fingerprint density at radius 2 is 2.04 bits per heavy atom. The third-order valence-electron chi connectivity index (χ3n) is 4.12. The molecule has 4 aromatic rings. The van der Waals surface area contributed by atoms with E-state index in [1.807, 2.05) is 24.4 Å². The van der Waals surface area contributed by atoms with Crippen LogP contribution in [0.25, 0.3) is 16.6 Å². The summed E-state index contributed by atoms with van der Waals surface area (Å²) in [7, 11) is 0. The molecule has 1 N–H and O–H groups in total. The highest BCUT2D eigenvalue weighted by Gasteiger charge is 2.14. The zero-order chi connectivity index (χ0) is 17.9. The van der Waals surface area contributed by atoms with Crippen LogP contribution in [0, 0.1) is 0 Å². The monoisotopic (exact) mass is 410 g/mol. The number of carbonyl (C=O) groups excluding carboxylic acids is 1. The van der Waals surface area contributed by atoms with E-state index in [2.05, 4.69) is 59.5 Å². The van der Waals surface area contributed by atoms with Crippen LogP contribution >= 0.6 is 15.9 Å². The number of rotatable bonds is 5. The first-order valence-electron chi connectivity index (χ1n) is 8.07. The molecule has 7 nitrogen and oxygen atoms in total. The zero-order valence-corrected chi connectivity index (χ0v) is 15.3. The summed E-state index contributed by atoms with van der Waals surface area (Å²) < 4.78 is 4.41. The maximum atomic E-state index is 12.7. The van der Waals surface area contributed by atoms with Crippen molar-refractivity contribution in [3.05, 3.63) is 71.1 Å². The summed E-state index contributed by atoms with van der Waals surface area (Å²) in [6.45, 7) is 1.20. The Hall–Kier alpha value is -3.00. The molecule has 2 aromatic carbocycles. The van der Waals surface area contributed by atoms with Crippen molar-refractivity contribution in [2.45, 2.75) is 6.54 Å². The Kier molecular flexibility index (Phi) is 4.49. The fourth-order valence-corrected chi connectivity index (χ4v) is 3.24. The van der Waals surface area contributed by atoms with Gasteiger partial charge in [0.15, 0.2) is 0 Å². The van der Waals surface area contributed by atoms with E-state index in [0.29, 0.717) is 24.3 Å². The summed E-state index contributed by atoms with van der Waals surface area (Å²) in [5.41, 5.74) is 2.28. The minimum Gasteiger partial charge on any atom is -0.350 e. The van der Waals surface area contributed by atoms with Crippen molar-refractivity contribution in [2.24, 2.45) is 0 Å². The van der Waals surface area contributed by atoms with Crippen LogP contribution in [-0.4, -0.2) is 37.2 Å². The summed E-state index contributed by atoms with van der Waals surface area (Å²) in [6.07, 6.45) is 3.49. The van der Waals surface area contributed by atoms with Crippen molar-refractivity contribution < 1.29 is 4.79 Å². The molecule has 0 saturated heterocycles. The van der Waals surface area contributed by atoms with Gasteiger partial charge in [-0.2, -0.15) is 4.68 Å². The SMILES string of the molecule is O=C(NCCn1ccc2ccccc21)c1cc(Br)ccc1-n1cnnn1. The van der Waals surface area contributed by atoms with Crippen molar-refractivity contribution in [1.29, 1.82) is 0 Å². The van der Waals surface area contributed by atoms with Crippen LogP contribution < -0.4 is 5.32 Å². The van der Waals surface area contributed by atoms with E-state index >= 15 is 0 Å². The Bertz CT molecular complexity index is 1060. The molecule has 8 heteroatoms. The number of aromatic nitrogens is 5. The van der Waals surface area contributed by atoms with E-state index in [4.69, 9.17) is 0 Å². The van der Waals surface area contributed by atoms with Gasteiger partial charge in [-0.15, -0.1) is 5.10 Å². The maximum absolute atomic E-state index is 12.7. The summed E-state index contributed by atoms with van der Waals surface area (Å²) in [5, 5.41) is 15.3. The van der Waals surface area contributed by atoms with E-state index in [9.17, 15) is 4.79 Å². The van der Waals surface area contributed by atoms with Crippen LogP contribution in [0.15, 0.2) is 65.5 Å². The van der Waals surface area contributed by atoms with Crippen molar-refractivity contribution >= 4 is 32.7 Å². The molecule has 4 rings (SSSR count). The van der Waals surface area contributed by atoms with E-state index in [0.717, 1.165) is 9.99 Å². The number of carbonyl (C=O) groups is 1. The number of para-hydroxylation sites is 1. The molecular formula is C18H15BrN6O. The Balaban J connectivity index is 1.49. The molecule has 0 aliphatic rings. The first-order valence-corrected chi connectivity index (χ1v) is 8.87. The van der Waals surface area contributed by atoms with Gasteiger partial charge < -0.3 is 9.88 Å². The van der Waals surface area contributed by atoms with Crippen LogP contribution in [0.5, 0.6) is 0 Å². The van der Waals surface area contributed by atoms with Gasteiger partial charge in [-0.25, -0.2) is 0 Å². The topological polar surface area (TPSA) is 77.6 Å². The van der Waals surface area contributed by atoms with Gasteiger partial charge in [0.25, 0.3) is 5.91 Å². The molecule has 130 valence electrons. The predicted molar refractivity (Wildman–Crippen MR) is 101 cm³/mol. The number of tetrazole rings is 1. The average Bonchev–Trinajstić information content (AvgIpc) is 3.32. The molecule has 0 saturated carbocycles. The standard InChI is InChI=1S/C18H15BrN6O/c19-14-5-6-17(25-12-21-22-23-25)15(11-14)18(26)20-8-10-24-9-7-13-3-1-2-4-16(13)24/h1-7,9,11-12H,8,10H2,(H,20,26). The lowest BCUT2D eigenvalue weighted by molar-refractivity contribution is 0.0952. The fraction of sp³-hybridized carbons (Fsp3) is 0.111. The molecule has 0 atom stereocenters. The number of nitrogens with zero attached hydrogens (tertiary/aromatic N) is 5. The van der Waals surface area contributed by atoms with Gasteiger partial charge in [0, 0.05) is 29.3 Å². The van der Waals surface area contributed by atoms with Crippen LogP contribution in [0.2, 0.25) is 0 Å². The highest BCUT2D eigenvalue weighted by molar-refractivity contribution is 9.10. The maximum Gasteiger partial charge on any atom is 0.253 e. The molecule has 0 bridgehead atoms. The molecule has 0 unspecified atom stereocenters. The van der Waals surface area contributed by atoms with Crippen LogP contribution in [0.1, 0.15) is 10.4 Å². The fourth-order valence-electron chi connectivity index (χ4n) is 2.88. The molecular weight excluding hydrogens is 396 g/mol. The van der Waals surface area contributed by atoms with Crippen LogP contribution in [0.3, 0.4) is 0 Å². The highest BCUT2D eigenvalue weighted by atomic mass is 79.9. The summed E-state index contributed by atoms with van der Waals surface area (Å²) in [4.78, 5) is 12.7. The van der Waals surface area contributed by atoms with Gasteiger partial charge in [0.1, 0.15) is 6.33 Å². The minimum absolute atomic E-state index is 0.173. The number of amides is 1. The summed E-state index contributed by atoms with van der Waals surface area (Å²) >= 11 is 3.41. The van der Waals surface area contributed by atoms with Crippen LogP contribution in [-0.2, 0) is 6.54 Å². The molecule has 0 radical (unpaired) electrons. The number of hydrogen-bond donors (Lipinski definition) is 1. The van der Waals surface area contributed by atoms with Crippen molar-refractivity contribution in [2.75, 3.05) is 6.54 Å². The summed E-state index contributed by atoms with van der Waals surface area (Å²) in [6, 6.07) is 15.7. The van der Waals surface area contributed by atoms with E-state index < -0.39 is 0 Å². The number of fused-ring (bicyclic) bond motifs is 1. The third-order valence-corrected chi connectivity index (χ3v) is 4.61. The Labute approximate surface area is 157 Å². The molecule has 0 fully saturated rings. The lowest BCUT2D eigenvalue weighted by Gasteiger charge is -2.11. The molecule has 2 aromatic heterocycles. The lowest BCUT2D eigenvalue weighted by Crippen LogP contribution is -2.28. The van der Waals surface area contributed by atoms with Crippen molar-refractivity contribution in [1.82, 2.24) is 30.1 Å². The number of nitrogens with one attached hydrogen (secondary N) is 1. The van der Waals surface area contributed by atoms with Gasteiger partial charge in [-0.3, -0.25) is 4.79 Å². The normalized spacial score (nSPS) is 11.0. The smallest absolute Gasteiger partial charge is 0.253 e. The second kappa shape index (κ2) is 7.09. The number of halogens is 1. The largest absolute Gasteiger partial charge is 0.350 e. The second-order valence-corrected chi connectivity index (χ2v) is 6.66. The number of hydrogen-bond acceptors (Lipinski definition) is 4. The first-order chi connectivity index (χ1) is 12.7. The van der Waals surface area contributed by atoms with Crippen LogP contribution in [0.4, 0.5) is 0 Å². The lowest BCUT2D eigenvalue weighted by atomic mass is 10.1. The predicted octanol–water partition coefficient (Wildman–Crippen LogP) is 2.81. The van der Waals surface area contributed by atoms with E-state index in [1.165, 1.54) is 16.4 Å². The molecule has 0 aliphatic carbocycles. The van der Waals surface area contributed by atoms with Crippen molar-refractivity contribution in [3.63, 3.8) is 0 Å². The van der Waals surface area contributed by atoms with E-state index in [1.54, 1.807) is 12.1 Å². The third kappa shape index (κ3) is 3.23. The molecule has 0 spiro atoms. The van der Waals surface area contributed by atoms with Crippen molar-refractivity contribution in [3.8, 4) is 5.69 Å². The molecule has 26 heavy (non-hydrogen) atoms. The van der Waals surface area contributed by atoms with Gasteiger partial charge in [-0.1, -0.05) is 34.1 Å². The Morgan fingerprint density at radius 3 is 2.88 bits per heavy atom. The zero-order valence-electron chi connectivity index (χ0n) is 13.7. The van der Waals surface area contributed by atoms with E-state index in [-0.39, 0.29) is 5.91 Å². The molecule has 1 amide bonds. The first kappa shape index (κ1) is 16.5. The Morgan fingerprint density at radius 1 is 1.15 bits per heavy atom. The minimum atomic E-state index is -0.173. The molecule has 2 heterocycles. The number of benzene rings is 2. The van der Waals surface area contributed by atoms with Gasteiger partial charge >= 0.3 is 0 Å². The van der Waals surface area contributed by atoms with Gasteiger partial charge in [0.2, 0.25) is 0 Å². The highest BCUT2D eigenvalue weighted by Crippen LogP contribution is 2.19. The molecule has 0 aliphatic heterocycles. The summed E-state index contributed by atoms with van der Waals surface area (Å²) in [5.74, 6) is -0.173. The quantitative estimate of drug-likeness (QED) is 0.548. The second-order valence-electron chi connectivity index (χ2n) is 5.74. The van der Waals surface area contributed by atoms with Gasteiger partial charge in [-0.05, 0) is 46.1 Å².